The first-order valence-corrected chi connectivity index (χ1v) is 6.26. The fourth-order valence-corrected chi connectivity index (χ4v) is 2.32. The summed E-state index contributed by atoms with van der Waals surface area (Å²) in [5.41, 5.74) is 7.65. The van der Waals surface area contributed by atoms with Gasteiger partial charge >= 0.3 is 0 Å². The van der Waals surface area contributed by atoms with E-state index in [1.54, 1.807) is 0 Å². The quantitative estimate of drug-likeness (QED) is 0.845. The SMILES string of the molecule is Cc1ccc(C(=O)N2CCCC(CN)C2)cc1. The number of piperidine rings is 1. The number of nitrogens with two attached hydrogens (primary N) is 1. The van der Waals surface area contributed by atoms with Crippen molar-refractivity contribution in [1.29, 1.82) is 0 Å². The van der Waals surface area contributed by atoms with Gasteiger partial charge in [-0.15, -0.1) is 0 Å². The third-order valence-electron chi connectivity index (χ3n) is 3.44. The predicted molar refractivity (Wildman–Crippen MR) is 68.9 cm³/mol. The minimum Gasteiger partial charge on any atom is -0.338 e. The Labute approximate surface area is 103 Å². The van der Waals surface area contributed by atoms with Crippen molar-refractivity contribution in [3.05, 3.63) is 35.4 Å². The van der Waals surface area contributed by atoms with Gasteiger partial charge in [0, 0.05) is 18.7 Å². The molecule has 17 heavy (non-hydrogen) atoms. The second-order valence-electron chi connectivity index (χ2n) is 4.86. The lowest BCUT2D eigenvalue weighted by Crippen LogP contribution is -2.42. The summed E-state index contributed by atoms with van der Waals surface area (Å²) < 4.78 is 0. The van der Waals surface area contributed by atoms with Gasteiger partial charge in [0.05, 0.1) is 0 Å². The molecule has 1 aromatic carbocycles. The molecule has 1 aromatic rings. The fraction of sp³-hybridized carbons (Fsp3) is 0.500. The highest BCUT2D eigenvalue weighted by Gasteiger charge is 2.23. The van der Waals surface area contributed by atoms with Crippen molar-refractivity contribution in [3.8, 4) is 0 Å². The van der Waals surface area contributed by atoms with Crippen LogP contribution in [0.5, 0.6) is 0 Å². The summed E-state index contributed by atoms with van der Waals surface area (Å²) in [6, 6.07) is 7.78. The number of hydrogen-bond donors (Lipinski definition) is 1. The van der Waals surface area contributed by atoms with Crippen molar-refractivity contribution in [2.24, 2.45) is 11.7 Å². The van der Waals surface area contributed by atoms with Crippen LogP contribution in [0, 0.1) is 12.8 Å². The van der Waals surface area contributed by atoms with E-state index in [1.165, 1.54) is 5.56 Å². The number of aryl methyl sites for hydroxylation is 1. The first-order valence-electron chi connectivity index (χ1n) is 6.26. The van der Waals surface area contributed by atoms with Crippen LogP contribution in [0.4, 0.5) is 0 Å². The molecule has 3 heteroatoms. The molecule has 0 radical (unpaired) electrons. The molecule has 1 amide bonds. The van der Waals surface area contributed by atoms with Gasteiger partial charge in [0.1, 0.15) is 0 Å². The van der Waals surface area contributed by atoms with E-state index < -0.39 is 0 Å². The number of rotatable bonds is 2. The molecule has 1 saturated heterocycles. The van der Waals surface area contributed by atoms with Gasteiger partial charge in [-0.25, -0.2) is 0 Å². The van der Waals surface area contributed by atoms with E-state index in [9.17, 15) is 4.79 Å². The van der Waals surface area contributed by atoms with Crippen LogP contribution in [0.25, 0.3) is 0 Å². The molecule has 0 aromatic heterocycles. The van der Waals surface area contributed by atoms with Gasteiger partial charge in [-0.1, -0.05) is 17.7 Å². The molecule has 92 valence electrons. The molecule has 1 unspecified atom stereocenters. The Morgan fingerprint density at radius 1 is 1.41 bits per heavy atom. The molecule has 2 N–H and O–H groups in total. The number of carbonyl (C=O) groups is 1. The third kappa shape index (κ3) is 2.86. The maximum absolute atomic E-state index is 12.3. The van der Waals surface area contributed by atoms with Crippen LogP contribution in [-0.2, 0) is 0 Å². The Morgan fingerprint density at radius 2 is 2.12 bits per heavy atom. The van der Waals surface area contributed by atoms with E-state index in [1.807, 2.05) is 36.1 Å². The van der Waals surface area contributed by atoms with Gasteiger partial charge in [-0.3, -0.25) is 4.79 Å². The molecule has 0 saturated carbocycles. The van der Waals surface area contributed by atoms with E-state index >= 15 is 0 Å². The molecule has 0 spiro atoms. The predicted octanol–water partition coefficient (Wildman–Crippen LogP) is 1.81. The summed E-state index contributed by atoms with van der Waals surface area (Å²) in [6.07, 6.45) is 2.22. The van der Waals surface area contributed by atoms with Gasteiger partial charge in [0.15, 0.2) is 0 Å². The van der Waals surface area contributed by atoms with E-state index in [4.69, 9.17) is 5.73 Å². The largest absolute Gasteiger partial charge is 0.338 e. The van der Waals surface area contributed by atoms with Gasteiger partial charge < -0.3 is 10.6 Å². The Bertz CT molecular complexity index is 386. The summed E-state index contributed by atoms with van der Waals surface area (Å²) in [4.78, 5) is 14.2. The Balaban J connectivity index is 2.06. The van der Waals surface area contributed by atoms with Crippen LogP contribution >= 0.6 is 0 Å². The standard InChI is InChI=1S/C14H20N2O/c1-11-4-6-13(7-5-11)14(17)16-8-2-3-12(9-15)10-16/h4-7,12H,2-3,8-10,15H2,1H3. The average molecular weight is 232 g/mol. The van der Waals surface area contributed by atoms with E-state index in [0.29, 0.717) is 12.5 Å². The van der Waals surface area contributed by atoms with Crippen molar-refractivity contribution in [2.75, 3.05) is 19.6 Å². The van der Waals surface area contributed by atoms with Crippen molar-refractivity contribution < 1.29 is 4.79 Å². The van der Waals surface area contributed by atoms with Crippen molar-refractivity contribution >= 4 is 5.91 Å². The Morgan fingerprint density at radius 3 is 2.76 bits per heavy atom. The zero-order valence-electron chi connectivity index (χ0n) is 10.4. The summed E-state index contributed by atoms with van der Waals surface area (Å²) in [7, 11) is 0. The topological polar surface area (TPSA) is 46.3 Å². The molecule has 1 fully saturated rings. The third-order valence-corrected chi connectivity index (χ3v) is 3.44. The van der Waals surface area contributed by atoms with E-state index in [2.05, 4.69) is 0 Å². The molecule has 1 aliphatic heterocycles. The molecule has 1 aliphatic rings. The summed E-state index contributed by atoms with van der Waals surface area (Å²) in [5.74, 6) is 0.612. The van der Waals surface area contributed by atoms with E-state index in [-0.39, 0.29) is 5.91 Å². The van der Waals surface area contributed by atoms with Crippen molar-refractivity contribution in [1.82, 2.24) is 4.90 Å². The molecule has 0 bridgehead atoms. The normalized spacial score (nSPS) is 20.4. The highest BCUT2D eigenvalue weighted by Crippen LogP contribution is 2.17. The van der Waals surface area contributed by atoms with Crippen molar-refractivity contribution in [3.63, 3.8) is 0 Å². The molecule has 1 heterocycles. The molecule has 2 rings (SSSR count). The lowest BCUT2D eigenvalue weighted by atomic mass is 9.97. The zero-order chi connectivity index (χ0) is 12.3. The smallest absolute Gasteiger partial charge is 0.253 e. The number of likely N-dealkylation sites (tertiary alicyclic amines) is 1. The van der Waals surface area contributed by atoms with Crippen LogP contribution in [0.3, 0.4) is 0 Å². The second-order valence-corrected chi connectivity index (χ2v) is 4.86. The molecular weight excluding hydrogens is 212 g/mol. The lowest BCUT2D eigenvalue weighted by molar-refractivity contribution is 0.0678. The van der Waals surface area contributed by atoms with Crippen LogP contribution in [0.1, 0.15) is 28.8 Å². The van der Waals surface area contributed by atoms with Crippen LogP contribution in [-0.4, -0.2) is 30.4 Å². The second kappa shape index (κ2) is 5.32. The average Bonchev–Trinajstić information content (AvgIpc) is 2.39. The fourth-order valence-electron chi connectivity index (χ4n) is 2.32. The van der Waals surface area contributed by atoms with Gasteiger partial charge in [-0.2, -0.15) is 0 Å². The monoisotopic (exact) mass is 232 g/mol. The first-order chi connectivity index (χ1) is 8.20. The summed E-state index contributed by atoms with van der Waals surface area (Å²) in [6.45, 7) is 4.38. The number of benzene rings is 1. The number of carbonyl (C=O) groups excluding carboxylic acids is 1. The molecule has 0 aliphatic carbocycles. The number of hydrogen-bond acceptors (Lipinski definition) is 2. The Kier molecular flexibility index (Phi) is 3.79. The minimum absolute atomic E-state index is 0.142. The maximum Gasteiger partial charge on any atom is 0.253 e. The molecule has 1 atom stereocenters. The van der Waals surface area contributed by atoms with Gasteiger partial charge in [-0.05, 0) is 44.4 Å². The van der Waals surface area contributed by atoms with Crippen LogP contribution in [0.2, 0.25) is 0 Å². The van der Waals surface area contributed by atoms with Gasteiger partial charge in [0.2, 0.25) is 0 Å². The highest BCUT2D eigenvalue weighted by molar-refractivity contribution is 5.94. The number of nitrogens with zero attached hydrogens (tertiary/aromatic N) is 1. The number of amides is 1. The maximum atomic E-state index is 12.3. The Hall–Kier alpha value is -1.35. The minimum atomic E-state index is 0.142. The summed E-state index contributed by atoms with van der Waals surface area (Å²) >= 11 is 0. The zero-order valence-corrected chi connectivity index (χ0v) is 10.4. The highest BCUT2D eigenvalue weighted by atomic mass is 16.2. The van der Waals surface area contributed by atoms with Crippen LogP contribution < -0.4 is 5.73 Å². The van der Waals surface area contributed by atoms with Gasteiger partial charge in [0.25, 0.3) is 5.91 Å². The molecule has 3 nitrogen and oxygen atoms in total. The first kappa shape index (κ1) is 12.1. The lowest BCUT2D eigenvalue weighted by Gasteiger charge is -2.32. The molecular formula is C14H20N2O. The van der Waals surface area contributed by atoms with Crippen molar-refractivity contribution in [2.45, 2.75) is 19.8 Å². The van der Waals surface area contributed by atoms with E-state index in [0.717, 1.165) is 31.5 Å². The summed E-state index contributed by atoms with van der Waals surface area (Å²) in [5, 5.41) is 0. The van der Waals surface area contributed by atoms with Crippen LogP contribution in [0.15, 0.2) is 24.3 Å².